The van der Waals surface area contributed by atoms with Gasteiger partial charge in [-0.2, -0.15) is 0 Å². The van der Waals surface area contributed by atoms with Crippen molar-refractivity contribution in [2.75, 3.05) is 26.2 Å². The third kappa shape index (κ3) is 2.62. The van der Waals surface area contributed by atoms with E-state index in [1.165, 1.54) is 25.9 Å². The Morgan fingerprint density at radius 3 is 3.13 bits per heavy atom. The molecule has 0 aliphatic carbocycles. The third-order valence-corrected chi connectivity index (χ3v) is 3.32. The Labute approximate surface area is 92.1 Å². The van der Waals surface area contributed by atoms with Gasteiger partial charge in [0.1, 0.15) is 0 Å². The predicted molar refractivity (Wildman–Crippen MR) is 63.2 cm³/mol. The van der Waals surface area contributed by atoms with Gasteiger partial charge >= 0.3 is 0 Å². The Hall–Kier alpha value is -0.770. The van der Waals surface area contributed by atoms with Gasteiger partial charge in [0.25, 0.3) is 0 Å². The van der Waals surface area contributed by atoms with Crippen LogP contribution in [0.4, 0.5) is 0 Å². The lowest BCUT2D eigenvalue weighted by Crippen LogP contribution is -2.44. The number of aliphatic imine (C=N–C) groups is 1. The first-order valence-electron chi connectivity index (χ1n) is 6.08. The van der Waals surface area contributed by atoms with Crippen LogP contribution in [0.1, 0.15) is 26.7 Å². The van der Waals surface area contributed by atoms with E-state index in [0.29, 0.717) is 12.1 Å². The lowest BCUT2D eigenvalue weighted by Gasteiger charge is -2.23. The Morgan fingerprint density at radius 2 is 2.47 bits per heavy atom. The zero-order chi connectivity index (χ0) is 10.7. The molecule has 0 bridgehead atoms. The van der Waals surface area contributed by atoms with Gasteiger partial charge in [0.2, 0.25) is 0 Å². The number of likely N-dealkylation sites (tertiary alicyclic amines) is 1. The maximum Gasteiger partial charge on any atom is 0.191 e. The molecule has 86 valence electrons. The summed E-state index contributed by atoms with van der Waals surface area (Å²) in [5.41, 5.74) is 0. The normalized spacial score (nSPS) is 31.5. The van der Waals surface area contributed by atoms with Crippen LogP contribution in [0.2, 0.25) is 0 Å². The first-order valence-corrected chi connectivity index (χ1v) is 6.08. The molecular weight excluding hydrogens is 188 g/mol. The summed E-state index contributed by atoms with van der Waals surface area (Å²) >= 11 is 0. The van der Waals surface area contributed by atoms with Gasteiger partial charge in [-0.3, -0.25) is 9.89 Å². The van der Waals surface area contributed by atoms with E-state index >= 15 is 0 Å². The highest BCUT2D eigenvalue weighted by Gasteiger charge is 2.23. The zero-order valence-corrected chi connectivity index (χ0v) is 9.79. The van der Waals surface area contributed by atoms with Crippen molar-refractivity contribution < 1.29 is 0 Å². The molecule has 0 aromatic carbocycles. The van der Waals surface area contributed by atoms with E-state index in [9.17, 15) is 0 Å². The predicted octanol–water partition coefficient (Wildman–Crippen LogP) is 0.408. The smallest absolute Gasteiger partial charge is 0.191 e. The van der Waals surface area contributed by atoms with Gasteiger partial charge in [0.05, 0.1) is 6.54 Å². The first-order chi connectivity index (χ1) is 7.29. The molecule has 0 radical (unpaired) electrons. The number of hydrogen-bond acceptors (Lipinski definition) is 4. The largest absolute Gasteiger partial charge is 0.355 e. The minimum atomic E-state index is 0.498. The summed E-state index contributed by atoms with van der Waals surface area (Å²) in [5.74, 6) is 0.991. The zero-order valence-electron chi connectivity index (χ0n) is 9.79. The van der Waals surface area contributed by atoms with Crippen molar-refractivity contribution in [2.24, 2.45) is 4.99 Å². The quantitative estimate of drug-likeness (QED) is 0.708. The minimum Gasteiger partial charge on any atom is -0.355 e. The average molecular weight is 210 g/mol. The molecule has 0 spiro atoms. The number of guanidine groups is 1. The maximum absolute atomic E-state index is 4.40. The SMILES string of the molecule is CCN1CCCC1CNC1=NCC(C)N1. The van der Waals surface area contributed by atoms with Gasteiger partial charge in [-0.25, -0.2) is 0 Å². The Morgan fingerprint density at radius 1 is 1.60 bits per heavy atom. The molecular formula is C11H22N4. The summed E-state index contributed by atoms with van der Waals surface area (Å²) in [6.45, 7) is 8.77. The van der Waals surface area contributed by atoms with E-state index in [1.54, 1.807) is 0 Å². The summed E-state index contributed by atoms with van der Waals surface area (Å²) in [6, 6.07) is 1.20. The summed E-state index contributed by atoms with van der Waals surface area (Å²) in [7, 11) is 0. The van der Waals surface area contributed by atoms with Gasteiger partial charge in [0, 0.05) is 18.6 Å². The monoisotopic (exact) mass is 210 g/mol. The van der Waals surface area contributed by atoms with Gasteiger partial charge in [-0.15, -0.1) is 0 Å². The number of rotatable bonds is 3. The number of nitrogens with zero attached hydrogens (tertiary/aromatic N) is 2. The highest BCUT2D eigenvalue weighted by molar-refractivity contribution is 5.81. The van der Waals surface area contributed by atoms with Crippen molar-refractivity contribution in [2.45, 2.75) is 38.8 Å². The standard InChI is InChI=1S/C11H22N4/c1-3-15-6-4-5-10(15)8-13-11-12-7-9(2)14-11/h9-10H,3-8H2,1-2H3,(H2,12,13,14). The van der Waals surface area contributed by atoms with Crippen LogP contribution in [0.3, 0.4) is 0 Å². The van der Waals surface area contributed by atoms with Crippen LogP contribution in [-0.2, 0) is 0 Å². The van der Waals surface area contributed by atoms with Crippen LogP contribution in [0, 0.1) is 0 Å². The molecule has 2 unspecified atom stereocenters. The molecule has 4 heteroatoms. The van der Waals surface area contributed by atoms with Gasteiger partial charge in [0.15, 0.2) is 5.96 Å². The van der Waals surface area contributed by atoms with E-state index in [0.717, 1.165) is 19.0 Å². The molecule has 2 atom stereocenters. The number of nitrogens with one attached hydrogen (secondary N) is 2. The van der Waals surface area contributed by atoms with Crippen molar-refractivity contribution in [3.8, 4) is 0 Å². The Bertz CT molecular complexity index is 239. The summed E-state index contributed by atoms with van der Waals surface area (Å²) in [4.78, 5) is 6.95. The van der Waals surface area contributed by atoms with Crippen molar-refractivity contribution >= 4 is 5.96 Å². The van der Waals surface area contributed by atoms with E-state index in [1.807, 2.05) is 0 Å². The second kappa shape index (κ2) is 4.84. The fourth-order valence-corrected chi connectivity index (χ4v) is 2.42. The maximum atomic E-state index is 4.40. The molecule has 4 nitrogen and oxygen atoms in total. The molecule has 1 fully saturated rings. The Kier molecular flexibility index (Phi) is 3.46. The fourth-order valence-electron chi connectivity index (χ4n) is 2.42. The minimum absolute atomic E-state index is 0.498. The van der Waals surface area contributed by atoms with Crippen LogP contribution in [0.25, 0.3) is 0 Å². The lowest BCUT2D eigenvalue weighted by atomic mass is 10.2. The molecule has 0 aromatic rings. The second-order valence-electron chi connectivity index (χ2n) is 4.54. The number of likely N-dealkylation sites (N-methyl/N-ethyl adjacent to an activating group) is 1. The molecule has 1 saturated heterocycles. The lowest BCUT2D eigenvalue weighted by molar-refractivity contribution is 0.267. The fraction of sp³-hybridized carbons (Fsp3) is 0.909. The molecule has 2 rings (SSSR count). The van der Waals surface area contributed by atoms with E-state index in [-0.39, 0.29) is 0 Å². The first kappa shape index (κ1) is 10.7. The van der Waals surface area contributed by atoms with Crippen LogP contribution < -0.4 is 10.6 Å². The van der Waals surface area contributed by atoms with Gasteiger partial charge in [-0.1, -0.05) is 6.92 Å². The molecule has 2 N–H and O–H groups in total. The van der Waals surface area contributed by atoms with Crippen LogP contribution >= 0.6 is 0 Å². The van der Waals surface area contributed by atoms with Gasteiger partial charge < -0.3 is 10.6 Å². The average Bonchev–Trinajstić information content (AvgIpc) is 2.83. The van der Waals surface area contributed by atoms with Crippen LogP contribution in [0.15, 0.2) is 4.99 Å². The van der Waals surface area contributed by atoms with Crippen molar-refractivity contribution in [3.63, 3.8) is 0 Å². The van der Waals surface area contributed by atoms with Crippen molar-refractivity contribution in [1.29, 1.82) is 0 Å². The topological polar surface area (TPSA) is 39.7 Å². The molecule has 0 saturated carbocycles. The summed E-state index contributed by atoms with van der Waals surface area (Å²) in [5, 5.41) is 6.75. The van der Waals surface area contributed by atoms with Crippen molar-refractivity contribution in [3.05, 3.63) is 0 Å². The number of hydrogen-bond donors (Lipinski definition) is 2. The van der Waals surface area contributed by atoms with E-state index < -0.39 is 0 Å². The van der Waals surface area contributed by atoms with Crippen LogP contribution in [0.5, 0.6) is 0 Å². The van der Waals surface area contributed by atoms with Crippen LogP contribution in [-0.4, -0.2) is 49.1 Å². The molecule has 2 aliphatic heterocycles. The molecule has 2 aliphatic rings. The summed E-state index contributed by atoms with van der Waals surface area (Å²) in [6.07, 6.45) is 2.67. The summed E-state index contributed by atoms with van der Waals surface area (Å²) < 4.78 is 0. The molecule has 15 heavy (non-hydrogen) atoms. The molecule has 0 aromatic heterocycles. The van der Waals surface area contributed by atoms with E-state index in [4.69, 9.17) is 0 Å². The second-order valence-corrected chi connectivity index (χ2v) is 4.54. The third-order valence-electron chi connectivity index (χ3n) is 3.32. The highest BCUT2D eigenvalue weighted by Crippen LogP contribution is 2.15. The molecule has 2 heterocycles. The van der Waals surface area contributed by atoms with Crippen molar-refractivity contribution in [1.82, 2.24) is 15.5 Å². The highest BCUT2D eigenvalue weighted by atomic mass is 15.3. The Balaban J connectivity index is 1.73. The molecule has 0 amide bonds. The van der Waals surface area contributed by atoms with Gasteiger partial charge in [-0.05, 0) is 32.9 Å². The van der Waals surface area contributed by atoms with E-state index in [2.05, 4.69) is 34.4 Å².